The summed E-state index contributed by atoms with van der Waals surface area (Å²) < 4.78 is 0. The second-order valence-corrected chi connectivity index (χ2v) is 6.48. The molecule has 1 amide bonds. The molecule has 120 valence electrons. The topological polar surface area (TPSA) is 42.0 Å². The van der Waals surface area contributed by atoms with E-state index in [9.17, 15) is 4.79 Å². The van der Waals surface area contributed by atoms with Crippen LogP contribution in [0.15, 0.2) is 77.8 Å². The summed E-state index contributed by atoms with van der Waals surface area (Å²) in [5, 5.41) is 3.06. The first-order chi connectivity index (χ1) is 11.7. The molecular formula is C19H15ClN2OS. The Morgan fingerprint density at radius 3 is 2.38 bits per heavy atom. The minimum absolute atomic E-state index is 0.109. The summed E-state index contributed by atoms with van der Waals surface area (Å²) >= 11 is 7.41. The molecule has 0 spiro atoms. The SMILES string of the molecule is O=C(CSc1ccc(-c2ccccc2)cc1)Nc1cccnc1Cl. The lowest BCUT2D eigenvalue weighted by Gasteiger charge is -2.07. The number of nitrogens with zero attached hydrogens (tertiary/aromatic N) is 1. The van der Waals surface area contributed by atoms with Crippen molar-refractivity contribution < 1.29 is 4.79 Å². The average molecular weight is 355 g/mol. The number of halogens is 1. The first-order valence-corrected chi connectivity index (χ1v) is 8.77. The number of hydrogen-bond acceptors (Lipinski definition) is 3. The summed E-state index contributed by atoms with van der Waals surface area (Å²) in [5.41, 5.74) is 2.87. The lowest BCUT2D eigenvalue weighted by Crippen LogP contribution is -2.14. The lowest BCUT2D eigenvalue weighted by molar-refractivity contribution is -0.113. The Hall–Kier alpha value is -2.30. The Bertz CT molecular complexity index is 822. The highest BCUT2D eigenvalue weighted by molar-refractivity contribution is 8.00. The first kappa shape index (κ1) is 16.6. The van der Waals surface area contributed by atoms with E-state index in [1.807, 2.05) is 30.3 Å². The van der Waals surface area contributed by atoms with Gasteiger partial charge in [-0.15, -0.1) is 11.8 Å². The molecule has 0 aliphatic heterocycles. The Kier molecular flexibility index (Phi) is 5.51. The Morgan fingerprint density at radius 2 is 1.67 bits per heavy atom. The molecule has 1 N–H and O–H groups in total. The van der Waals surface area contributed by atoms with Gasteiger partial charge in [-0.3, -0.25) is 4.79 Å². The number of benzene rings is 2. The predicted octanol–water partition coefficient (Wildman–Crippen LogP) is 5.13. The van der Waals surface area contributed by atoms with E-state index in [2.05, 4.69) is 34.6 Å². The molecule has 0 aliphatic rings. The van der Waals surface area contributed by atoms with Gasteiger partial charge in [0.15, 0.2) is 5.15 Å². The van der Waals surface area contributed by atoms with Crippen molar-refractivity contribution in [3.63, 3.8) is 0 Å². The van der Waals surface area contributed by atoms with Crippen molar-refractivity contribution in [1.29, 1.82) is 0 Å². The molecule has 2 aromatic carbocycles. The molecule has 3 rings (SSSR count). The quantitative estimate of drug-likeness (QED) is 0.510. The van der Waals surface area contributed by atoms with Crippen LogP contribution in [0.1, 0.15) is 0 Å². The van der Waals surface area contributed by atoms with Gasteiger partial charge in [-0.2, -0.15) is 0 Å². The highest BCUT2D eigenvalue weighted by atomic mass is 35.5. The number of aromatic nitrogens is 1. The van der Waals surface area contributed by atoms with Gasteiger partial charge < -0.3 is 5.32 Å². The van der Waals surface area contributed by atoms with Crippen molar-refractivity contribution >= 4 is 35.0 Å². The fraction of sp³-hybridized carbons (Fsp3) is 0.0526. The molecule has 0 aliphatic carbocycles. The first-order valence-electron chi connectivity index (χ1n) is 7.41. The maximum absolute atomic E-state index is 12.0. The van der Waals surface area contributed by atoms with E-state index in [0.717, 1.165) is 10.5 Å². The zero-order chi connectivity index (χ0) is 16.8. The maximum Gasteiger partial charge on any atom is 0.234 e. The van der Waals surface area contributed by atoms with E-state index in [-0.39, 0.29) is 5.91 Å². The molecule has 5 heteroatoms. The summed E-state index contributed by atoms with van der Waals surface area (Å²) in [7, 11) is 0. The minimum Gasteiger partial charge on any atom is -0.323 e. The third kappa shape index (κ3) is 4.37. The highest BCUT2D eigenvalue weighted by Gasteiger charge is 2.07. The average Bonchev–Trinajstić information content (AvgIpc) is 2.63. The molecule has 3 aromatic rings. The van der Waals surface area contributed by atoms with Gasteiger partial charge in [0.25, 0.3) is 0 Å². The van der Waals surface area contributed by atoms with Crippen molar-refractivity contribution in [3.8, 4) is 11.1 Å². The molecule has 1 heterocycles. The van der Waals surface area contributed by atoms with Crippen LogP contribution in [0.5, 0.6) is 0 Å². The number of amides is 1. The standard InChI is InChI=1S/C19H15ClN2OS/c20-19-17(7-4-12-21-19)22-18(23)13-24-16-10-8-15(9-11-16)14-5-2-1-3-6-14/h1-12H,13H2,(H,22,23). The summed E-state index contributed by atoms with van der Waals surface area (Å²) in [5.74, 6) is 0.206. The van der Waals surface area contributed by atoms with E-state index in [1.165, 1.54) is 17.3 Å². The molecule has 0 radical (unpaired) electrons. The van der Waals surface area contributed by atoms with Crippen LogP contribution in [0.2, 0.25) is 5.15 Å². The molecule has 0 bridgehead atoms. The van der Waals surface area contributed by atoms with Crippen molar-refractivity contribution in [2.24, 2.45) is 0 Å². The van der Waals surface area contributed by atoms with Crippen LogP contribution in [0.3, 0.4) is 0 Å². The zero-order valence-corrected chi connectivity index (χ0v) is 14.3. The normalized spacial score (nSPS) is 10.4. The minimum atomic E-state index is -0.109. The molecule has 0 atom stereocenters. The van der Waals surface area contributed by atoms with Gasteiger partial charge in [0.05, 0.1) is 11.4 Å². The van der Waals surface area contributed by atoms with Crippen molar-refractivity contribution in [3.05, 3.63) is 78.1 Å². The van der Waals surface area contributed by atoms with Gasteiger partial charge >= 0.3 is 0 Å². The summed E-state index contributed by atoms with van der Waals surface area (Å²) in [4.78, 5) is 17.0. The van der Waals surface area contributed by atoms with Crippen LogP contribution in [-0.4, -0.2) is 16.6 Å². The fourth-order valence-corrected chi connectivity index (χ4v) is 3.05. The van der Waals surface area contributed by atoms with Gasteiger partial charge in [0.1, 0.15) is 0 Å². The molecule has 0 saturated carbocycles. The maximum atomic E-state index is 12.0. The second kappa shape index (κ2) is 7.99. The van der Waals surface area contributed by atoms with Crippen LogP contribution < -0.4 is 5.32 Å². The number of pyridine rings is 1. The number of anilines is 1. The van der Waals surface area contributed by atoms with Crippen LogP contribution >= 0.6 is 23.4 Å². The molecule has 0 saturated heterocycles. The van der Waals surface area contributed by atoms with E-state index in [1.54, 1.807) is 18.3 Å². The number of nitrogens with one attached hydrogen (secondary N) is 1. The molecule has 3 nitrogen and oxygen atoms in total. The van der Waals surface area contributed by atoms with Gasteiger partial charge in [0.2, 0.25) is 5.91 Å². The number of rotatable bonds is 5. The van der Waals surface area contributed by atoms with E-state index < -0.39 is 0 Å². The van der Waals surface area contributed by atoms with Crippen molar-refractivity contribution in [2.45, 2.75) is 4.90 Å². The van der Waals surface area contributed by atoms with Crippen LogP contribution in [-0.2, 0) is 4.79 Å². The fourth-order valence-electron chi connectivity index (χ4n) is 2.19. The lowest BCUT2D eigenvalue weighted by atomic mass is 10.1. The second-order valence-electron chi connectivity index (χ2n) is 5.07. The number of carbonyl (C=O) groups is 1. The van der Waals surface area contributed by atoms with E-state index in [0.29, 0.717) is 16.6 Å². The Morgan fingerprint density at radius 1 is 0.958 bits per heavy atom. The molecular weight excluding hydrogens is 340 g/mol. The van der Waals surface area contributed by atoms with Gasteiger partial charge in [0, 0.05) is 11.1 Å². The van der Waals surface area contributed by atoms with Crippen LogP contribution in [0.25, 0.3) is 11.1 Å². The third-order valence-corrected chi connectivity index (χ3v) is 4.68. The molecule has 1 aromatic heterocycles. The summed E-state index contributed by atoms with van der Waals surface area (Å²) in [6.07, 6.45) is 1.58. The smallest absolute Gasteiger partial charge is 0.234 e. The van der Waals surface area contributed by atoms with Crippen molar-refractivity contribution in [2.75, 3.05) is 11.1 Å². The van der Waals surface area contributed by atoms with E-state index in [4.69, 9.17) is 11.6 Å². The largest absolute Gasteiger partial charge is 0.323 e. The summed E-state index contributed by atoms with van der Waals surface area (Å²) in [6, 6.07) is 21.8. The molecule has 0 fully saturated rings. The highest BCUT2D eigenvalue weighted by Crippen LogP contribution is 2.24. The molecule has 0 unspecified atom stereocenters. The number of thioether (sulfide) groups is 1. The van der Waals surface area contributed by atoms with Gasteiger partial charge in [-0.25, -0.2) is 4.98 Å². The third-order valence-electron chi connectivity index (χ3n) is 3.36. The van der Waals surface area contributed by atoms with Crippen molar-refractivity contribution in [1.82, 2.24) is 4.98 Å². The summed E-state index contributed by atoms with van der Waals surface area (Å²) in [6.45, 7) is 0. The Balaban J connectivity index is 1.57. The van der Waals surface area contributed by atoms with E-state index >= 15 is 0 Å². The van der Waals surface area contributed by atoms with Crippen LogP contribution in [0.4, 0.5) is 5.69 Å². The predicted molar refractivity (Wildman–Crippen MR) is 100 cm³/mol. The van der Waals surface area contributed by atoms with Crippen LogP contribution in [0, 0.1) is 0 Å². The monoisotopic (exact) mass is 354 g/mol. The van der Waals surface area contributed by atoms with Gasteiger partial charge in [-0.1, -0.05) is 54.1 Å². The Labute approximate surface area is 150 Å². The molecule has 24 heavy (non-hydrogen) atoms. The number of carbonyl (C=O) groups excluding carboxylic acids is 1. The number of hydrogen-bond donors (Lipinski definition) is 1. The zero-order valence-electron chi connectivity index (χ0n) is 12.8. The van der Waals surface area contributed by atoms with Gasteiger partial charge in [-0.05, 0) is 35.4 Å².